The number of benzene rings is 4. The van der Waals surface area contributed by atoms with Crippen molar-refractivity contribution in [2.45, 2.75) is 31.9 Å². The third-order valence-corrected chi connectivity index (χ3v) is 10.7. The lowest BCUT2D eigenvalue weighted by Crippen LogP contribution is -2.27. The molecule has 50 heavy (non-hydrogen) atoms. The second-order valence-corrected chi connectivity index (χ2v) is 13.3. The molecular formula is C39H36N8O2S. The molecular weight excluding hydrogens is 645 g/mol. The smallest absolute Gasteiger partial charge is 0.162 e. The first-order chi connectivity index (χ1) is 24.4. The van der Waals surface area contributed by atoms with Crippen LogP contribution in [0.3, 0.4) is 0 Å². The van der Waals surface area contributed by atoms with E-state index in [1.807, 2.05) is 95.8 Å². The normalized spacial score (nSPS) is 20.0. The van der Waals surface area contributed by atoms with Crippen molar-refractivity contribution in [1.29, 1.82) is 5.41 Å². The first-order valence-electron chi connectivity index (χ1n) is 16.5. The Hall–Kier alpha value is -5.36. The Bertz CT molecular complexity index is 2320. The topological polar surface area (TPSA) is 126 Å². The molecule has 0 radical (unpaired) electrons. The predicted octanol–water partition coefficient (Wildman–Crippen LogP) is 7.35. The van der Waals surface area contributed by atoms with Crippen LogP contribution in [0.4, 0.5) is 11.6 Å². The maximum Gasteiger partial charge on any atom is 0.162 e. The number of fused-ring (bicyclic) bond motifs is 4. The minimum absolute atomic E-state index is 0.215. The maximum atomic E-state index is 9.40. The van der Waals surface area contributed by atoms with Crippen molar-refractivity contribution in [1.82, 2.24) is 8.28 Å². The van der Waals surface area contributed by atoms with E-state index in [0.29, 0.717) is 35.7 Å². The molecule has 10 nitrogen and oxygen atoms in total. The zero-order valence-corrected chi connectivity index (χ0v) is 29.0. The van der Waals surface area contributed by atoms with Gasteiger partial charge in [-0.2, -0.15) is 0 Å². The van der Waals surface area contributed by atoms with Gasteiger partial charge in [0, 0.05) is 52.8 Å². The Kier molecular flexibility index (Phi) is 7.98. The van der Waals surface area contributed by atoms with E-state index >= 15 is 0 Å². The SMILES string of the molecule is CCC1(COC)N=C(N=C2c3ccccc3C(=N)N2Sn2c(N)c3ccccc3c2/N=C2\N=C(C(C)OC)c3ccccc32)c2ccccc21. The summed E-state index contributed by atoms with van der Waals surface area (Å²) in [6.07, 6.45) is 0.539. The first kappa shape index (κ1) is 31.9. The minimum atomic E-state index is -0.544. The summed E-state index contributed by atoms with van der Waals surface area (Å²) in [5, 5.41) is 11.1. The number of nitrogens with zero attached hydrogens (tertiary/aromatic N) is 6. The highest BCUT2D eigenvalue weighted by atomic mass is 32.2. The average Bonchev–Trinajstić information content (AvgIpc) is 3.84. The van der Waals surface area contributed by atoms with Gasteiger partial charge < -0.3 is 15.2 Å². The summed E-state index contributed by atoms with van der Waals surface area (Å²) in [5.41, 5.74) is 12.8. The molecule has 0 bridgehead atoms. The van der Waals surface area contributed by atoms with E-state index in [0.717, 1.165) is 56.3 Å². The van der Waals surface area contributed by atoms with E-state index in [9.17, 15) is 5.41 Å². The number of nitrogens with one attached hydrogen (secondary N) is 1. The summed E-state index contributed by atoms with van der Waals surface area (Å²) in [6, 6.07) is 32.0. The molecule has 2 unspecified atom stereocenters. The van der Waals surface area contributed by atoms with Gasteiger partial charge in [0.05, 0.1) is 30.6 Å². The summed E-state index contributed by atoms with van der Waals surface area (Å²) in [6.45, 7) is 4.54. The zero-order chi connectivity index (χ0) is 34.6. The standard InChI is InChI=1S/C39H36N8O2S/c1-5-39(22-48-3)31-21-13-12-20-30(31)36(45-39)44-38-29-19-11-8-16-26(29)34(41)47(38)50-46-33(40)25-15-7-10-18-28(25)37(46)43-35-27-17-9-6-14-24(27)32(42-35)23(2)49-4/h6-21,23,41H,5,22,40H2,1-4H3/b41-34?,43-35-,44-38?. The Morgan fingerprint density at radius 3 is 2.20 bits per heavy atom. The monoisotopic (exact) mass is 680 g/mol. The number of aliphatic imine (C=N–C) groups is 4. The lowest BCUT2D eigenvalue weighted by molar-refractivity contribution is 0.132. The van der Waals surface area contributed by atoms with Gasteiger partial charge >= 0.3 is 0 Å². The Labute approximate surface area is 294 Å². The van der Waals surface area contributed by atoms with Crippen molar-refractivity contribution in [3.8, 4) is 0 Å². The Balaban J connectivity index is 1.29. The molecule has 1 aromatic heterocycles. The molecule has 0 spiro atoms. The van der Waals surface area contributed by atoms with Gasteiger partial charge in [-0.15, -0.1) is 0 Å². The second kappa shape index (κ2) is 12.5. The highest BCUT2D eigenvalue weighted by molar-refractivity contribution is 7.96. The maximum absolute atomic E-state index is 9.40. The van der Waals surface area contributed by atoms with Crippen molar-refractivity contribution < 1.29 is 9.47 Å². The number of nitrogens with two attached hydrogens (primary N) is 1. The van der Waals surface area contributed by atoms with E-state index in [-0.39, 0.29) is 11.9 Å². The fourth-order valence-electron chi connectivity index (χ4n) is 6.95. The molecule has 3 aliphatic rings. The molecule has 0 fully saturated rings. The van der Waals surface area contributed by atoms with Crippen LogP contribution in [-0.2, 0) is 15.0 Å². The molecule has 3 aliphatic heterocycles. The van der Waals surface area contributed by atoms with Crippen molar-refractivity contribution in [2.75, 3.05) is 26.6 Å². The number of anilines is 1. The van der Waals surface area contributed by atoms with E-state index in [4.69, 9.17) is 35.2 Å². The summed E-state index contributed by atoms with van der Waals surface area (Å²) >= 11 is 1.27. The molecule has 4 heterocycles. The summed E-state index contributed by atoms with van der Waals surface area (Å²) < 4.78 is 15.0. The van der Waals surface area contributed by atoms with Gasteiger partial charge in [-0.3, -0.25) is 10.4 Å². The molecule has 0 saturated carbocycles. The molecule has 0 saturated heterocycles. The summed E-state index contributed by atoms with van der Waals surface area (Å²) in [7, 11) is 3.38. The molecule has 0 aliphatic carbocycles. The van der Waals surface area contributed by atoms with Gasteiger partial charge in [0.15, 0.2) is 23.3 Å². The van der Waals surface area contributed by atoms with Crippen LogP contribution in [0.1, 0.15) is 53.6 Å². The predicted molar refractivity (Wildman–Crippen MR) is 203 cm³/mol. The third kappa shape index (κ3) is 4.92. The molecule has 2 atom stereocenters. The largest absolute Gasteiger partial charge is 0.384 e. The van der Waals surface area contributed by atoms with Crippen LogP contribution >= 0.6 is 12.1 Å². The second-order valence-electron chi connectivity index (χ2n) is 12.4. The number of hydrogen-bond acceptors (Lipinski definition) is 8. The lowest BCUT2D eigenvalue weighted by Gasteiger charge is -2.24. The highest BCUT2D eigenvalue weighted by Crippen LogP contribution is 2.43. The number of rotatable bonds is 8. The molecule has 5 aromatic rings. The lowest BCUT2D eigenvalue weighted by atomic mass is 9.88. The molecule has 8 rings (SSSR count). The van der Waals surface area contributed by atoms with Crippen LogP contribution in [0.25, 0.3) is 10.8 Å². The first-order valence-corrected chi connectivity index (χ1v) is 17.2. The van der Waals surface area contributed by atoms with Crippen LogP contribution in [-0.4, -0.2) is 64.3 Å². The number of amidine groups is 4. The molecule has 4 aromatic carbocycles. The average molecular weight is 681 g/mol. The van der Waals surface area contributed by atoms with Gasteiger partial charge in [-0.25, -0.2) is 23.3 Å². The molecule has 11 heteroatoms. The van der Waals surface area contributed by atoms with E-state index in [1.54, 1.807) is 18.5 Å². The van der Waals surface area contributed by atoms with Crippen molar-refractivity contribution in [3.63, 3.8) is 0 Å². The number of methoxy groups -OCH3 is 2. The molecule has 250 valence electrons. The molecule has 0 amide bonds. The minimum Gasteiger partial charge on any atom is -0.384 e. The van der Waals surface area contributed by atoms with Gasteiger partial charge in [0.2, 0.25) is 0 Å². The Morgan fingerprint density at radius 1 is 0.840 bits per heavy atom. The van der Waals surface area contributed by atoms with Crippen molar-refractivity contribution >= 4 is 63.6 Å². The van der Waals surface area contributed by atoms with E-state index < -0.39 is 5.54 Å². The number of nitrogen functional groups attached to an aromatic ring is 1. The number of ether oxygens (including phenoxy) is 2. The molecule has 3 N–H and O–H groups in total. The zero-order valence-electron chi connectivity index (χ0n) is 28.2. The van der Waals surface area contributed by atoms with Crippen molar-refractivity contribution in [3.05, 3.63) is 130 Å². The van der Waals surface area contributed by atoms with Crippen LogP contribution in [0.5, 0.6) is 0 Å². The van der Waals surface area contributed by atoms with E-state index in [2.05, 4.69) is 19.1 Å². The quantitative estimate of drug-likeness (QED) is 0.166. The van der Waals surface area contributed by atoms with Gasteiger partial charge in [0.25, 0.3) is 0 Å². The van der Waals surface area contributed by atoms with Crippen LogP contribution in [0.2, 0.25) is 0 Å². The van der Waals surface area contributed by atoms with Crippen LogP contribution in [0.15, 0.2) is 117 Å². The Morgan fingerprint density at radius 2 is 1.48 bits per heavy atom. The van der Waals surface area contributed by atoms with Gasteiger partial charge in [-0.1, -0.05) is 104 Å². The van der Waals surface area contributed by atoms with Gasteiger partial charge in [-0.05, 0) is 18.9 Å². The van der Waals surface area contributed by atoms with E-state index in [1.165, 1.54) is 12.1 Å². The third-order valence-electron chi connectivity index (χ3n) is 9.63. The van der Waals surface area contributed by atoms with Crippen LogP contribution in [0, 0.1) is 5.41 Å². The fraction of sp³-hybridized carbons (Fsp3) is 0.205. The summed E-state index contributed by atoms with van der Waals surface area (Å²) in [4.78, 5) is 20.6. The van der Waals surface area contributed by atoms with Crippen molar-refractivity contribution in [2.24, 2.45) is 20.0 Å². The summed E-state index contributed by atoms with van der Waals surface area (Å²) in [5.74, 6) is 3.16. The number of aromatic nitrogens is 1. The van der Waals surface area contributed by atoms with Gasteiger partial charge in [0.1, 0.15) is 17.2 Å². The van der Waals surface area contributed by atoms with Crippen LogP contribution < -0.4 is 5.73 Å². The highest BCUT2D eigenvalue weighted by Gasteiger charge is 2.40. The fourth-order valence-corrected chi connectivity index (χ4v) is 7.92. The number of hydrogen-bond donors (Lipinski definition) is 2.